The van der Waals surface area contributed by atoms with E-state index in [9.17, 15) is 4.79 Å². The maximum Gasteiger partial charge on any atom is 0.167 e. The third-order valence-corrected chi connectivity index (χ3v) is 2.14. The van der Waals surface area contributed by atoms with Crippen molar-refractivity contribution in [2.24, 2.45) is 0 Å². The molecule has 0 fully saturated rings. The summed E-state index contributed by atoms with van der Waals surface area (Å²) in [6.07, 6.45) is 2.49. The van der Waals surface area contributed by atoms with Crippen LogP contribution in [0.2, 0.25) is 0 Å². The highest BCUT2D eigenvalue weighted by Gasteiger charge is 2.05. The van der Waals surface area contributed by atoms with Crippen molar-refractivity contribution in [1.82, 2.24) is 0 Å². The molecule has 0 radical (unpaired) electrons. The summed E-state index contributed by atoms with van der Waals surface area (Å²) in [5.74, 6) is 1.52. The van der Waals surface area contributed by atoms with Gasteiger partial charge in [0.15, 0.2) is 5.78 Å². The molecule has 0 spiro atoms. The SMILES string of the molecule is C=CCc1cc(OCC)ccc1OCC(C)=O. The summed E-state index contributed by atoms with van der Waals surface area (Å²) < 4.78 is 10.8. The zero-order chi connectivity index (χ0) is 12.7. The number of Topliss-reactive ketones (excluding diaryl/α,β-unsaturated/α-hetero) is 1. The van der Waals surface area contributed by atoms with Crippen LogP contribution in [0.15, 0.2) is 30.9 Å². The molecule has 0 heterocycles. The fraction of sp³-hybridized carbons (Fsp3) is 0.357. The maximum absolute atomic E-state index is 10.9. The molecule has 0 aliphatic carbocycles. The number of hydrogen-bond acceptors (Lipinski definition) is 3. The standard InChI is InChI=1S/C14H18O3/c1-4-6-12-9-13(16-5-2)7-8-14(12)17-10-11(3)15/h4,7-9H,1,5-6,10H2,2-3H3. The molecular formula is C14H18O3. The smallest absolute Gasteiger partial charge is 0.167 e. The van der Waals surface area contributed by atoms with Crippen LogP contribution in [0, 0.1) is 0 Å². The van der Waals surface area contributed by atoms with Crippen LogP contribution in [0.25, 0.3) is 0 Å². The molecule has 0 atom stereocenters. The largest absolute Gasteiger partial charge is 0.494 e. The van der Waals surface area contributed by atoms with E-state index in [1.54, 1.807) is 6.08 Å². The molecule has 0 aromatic heterocycles. The van der Waals surface area contributed by atoms with Gasteiger partial charge in [-0.25, -0.2) is 0 Å². The van der Waals surface area contributed by atoms with Gasteiger partial charge in [0.05, 0.1) is 6.61 Å². The van der Waals surface area contributed by atoms with Crippen LogP contribution >= 0.6 is 0 Å². The van der Waals surface area contributed by atoms with Crippen molar-refractivity contribution in [3.63, 3.8) is 0 Å². The van der Waals surface area contributed by atoms with E-state index in [-0.39, 0.29) is 12.4 Å². The molecule has 17 heavy (non-hydrogen) atoms. The Balaban J connectivity index is 2.86. The van der Waals surface area contributed by atoms with E-state index < -0.39 is 0 Å². The zero-order valence-corrected chi connectivity index (χ0v) is 10.4. The third kappa shape index (κ3) is 4.31. The first-order chi connectivity index (χ1) is 8.17. The Morgan fingerprint density at radius 1 is 1.41 bits per heavy atom. The fourth-order valence-electron chi connectivity index (χ4n) is 1.45. The lowest BCUT2D eigenvalue weighted by molar-refractivity contribution is -0.118. The number of carbonyl (C=O) groups excluding carboxylic acids is 1. The Labute approximate surface area is 102 Å². The number of ether oxygens (including phenoxy) is 2. The van der Waals surface area contributed by atoms with Crippen LogP contribution in [0.4, 0.5) is 0 Å². The number of carbonyl (C=O) groups is 1. The summed E-state index contributed by atoms with van der Waals surface area (Å²) >= 11 is 0. The summed E-state index contributed by atoms with van der Waals surface area (Å²) in [6.45, 7) is 7.87. The van der Waals surface area contributed by atoms with Gasteiger partial charge in [0, 0.05) is 5.56 Å². The van der Waals surface area contributed by atoms with E-state index in [1.807, 2.05) is 25.1 Å². The molecule has 3 heteroatoms. The second-order valence-electron chi connectivity index (χ2n) is 3.69. The van der Waals surface area contributed by atoms with Gasteiger partial charge in [0.25, 0.3) is 0 Å². The fourth-order valence-corrected chi connectivity index (χ4v) is 1.45. The lowest BCUT2D eigenvalue weighted by atomic mass is 10.1. The van der Waals surface area contributed by atoms with Crippen molar-refractivity contribution in [3.05, 3.63) is 36.4 Å². The van der Waals surface area contributed by atoms with Gasteiger partial charge in [-0.1, -0.05) is 6.08 Å². The van der Waals surface area contributed by atoms with E-state index in [0.29, 0.717) is 18.8 Å². The van der Waals surface area contributed by atoms with Crippen LogP contribution in [0.3, 0.4) is 0 Å². The lowest BCUT2D eigenvalue weighted by Crippen LogP contribution is -2.08. The third-order valence-electron chi connectivity index (χ3n) is 2.14. The van der Waals surface area contributed by atoms with Crippen molar-refractivity contribution in [2.75, 3.05) is 13.2 Å². The van der Waals surface area contributed by atoms with Crippen LogP contribution < -0.4 is 9.47 Å². The van der Waals surface area contributed by atoms with Gasteiger partial charge in [0.2, 0.25) is 0 Å². The molecule has 0 amide bonds. The quantitative estimate of drug-likeness (QED) is 0.680. The molecule has 0 saturated heterocycles. The summed E-state index contributed by atoms with van der Waals surface area (Å²) in [5, 5.41) is 0. The summed E-state index contributed by atoms with van der Waals surface area (Å²) in [4.78, 5) is 10.9. The highest BCUT2D eigenvalue weighted by Crippen LogP contribution is 2.25. The predicted molar refractivity (Wildman–Crippen MR) is 67.7 cm³/mol. The minimum absolute atomic E-state index is 0.00318. The zero-order valence-electron chi connectivity index (χ0n) is 10.4. The maximum atomic E-state index is 10.9. The van der Waals surface area contributed by atoms with Crippen LogP contribution in [-0.2, 0) is 11.2 Å². The van der Waals surface area contributed by atoms with Gasteiger partial charge in [-0.2, -0.15) is 0 Å². The minimum Gasteiger partial charge on any atom is -0.494 e. The van der Waals surface area contributed by atoms with Crippen molar-refractivity contribution in [1.29, 1.82) is 0 Å². The number of benzene rings is 1. The molecule has 1 aromatic carbocycles. The molecule has 0 N–H and O–H groups in total. The second kappa shape index (κ2) is 6.74. The number of allylic oxidation sites excluding steroid dienone is 1. The van der Waals surface area contributed by atoms with Gasteiger partial charge >= 0.3 is 0 Å². The van der Waals surface area contributed by atoms with Gasteiger partial charge < -0.3 is 9.47 Å². The van der Waals surface area contributed by atoms with E-state index in [0.717, 1.165) is 11.3 Å². The van der Waals surface area contributed by atoms with Crippen molar-refractivity contribution >= 4 is 5.78 Å². The Morgan fingerprint density at radius 3 is 2.76 bits per heavy atom. The Morgan fingerprint density at radius 2 is 2.18 bits per heavy atom. The van der Waals surface area contributed by atoms with Gasteiger partial charge in [0.1, 0.15) is 18.1 Å². The van der Waals surface area contributed by atoms with Crippen LogP contribution in [-0.4, -0.2) is 19.0 Å². The Bertz CT molecular complexity index is 396. The Hall–Kier alpha value is -1.77. The molecule has 0 aliphatic heterocycles. The van der Waals surface area contributed by atoms with E-state index in [4.69, 9.17) is 9.47 Å². The number of rotatable bonds is 7. The van der Waals surface area contributed by atoms with E-state index in [1.165, 1.54) is 6.92 Å². The molecule has 0 bridgehead atoms. The predicted octanol–water partition coefficient (Wildman–Crippen LogP) is 2.78. The van der Waals surface area contributed by atoms with E-state index in [2.05, 4.69) is 6.58 Å². The average Bonchev–Trinajstić information content (AvgIpc) is 2.28. The molecule has 1 rings (SSSR count). The lowest BCUT2D eigenvalue weighted by Gasteiger charge is -2.11. The first kappa shape index (κ1) is 13.3. The molecule has 0 saturated carbocycles. The molecule has 3 nitrogen and oxygen atoms in total. The van der Waals surface area contributed by atoms with Gasteiger partial charge in [-0.3, -0.25) is 4.79 Å². The second-order valence-corrected chi connectivity index (χ2v) is 3.69. The summed E-state index contributed by atoms with van der Waals surface area (Å²) in [6, 6.07) is 5.58. The summed E-state index contributed by atoms with van der Waals surface area (Å²) in [7, 11) is 0. The van der Waals surface area contributed by atoms with Gasteiger partial charge in [-0.15, -0.1) is 6.58 Å². The first-order valence-electron chi connectivity index (χ1n) is 5.66. The molecule has 0 aliphatic rings. The van der Waals surface area contributed by atoms with Crippen LogP contribution in [0.1, 0.15) is 19.4 Å². The monoisotopic (exact) mass is 234 g/mol. The first-order valence-corrected chi connectivity index (χ1v) is 5.66. The topological polar surface area (TPSA) is 35.5 Å². The molecule has 1 aromatic rings. The number of hydrogen-bond donors (Lipinski definition) is 0. The van der Waals surface area contributed by atoms with Crippen molar-refractivity contribution < 1.29 is 14.3 Å². The molecule has 92 valence electrons. The highest BCUT2D eigenvalue weighted by atomic mass is 16.5. The number of ketones is 1. The molecule has 0 unspecified atom stereocenters. The van der Waals surface area contributed by atoms with Crippen molar-refractivity contribution in [2.45, 2.75) is 20.3 Å². The van der Waals surface area contributed by atoms with Crippen LogP contribution in [0.5, 0.6) is 11.5 Å². The minimum atomic E-state index is 0.00318. The van der Waals surface area contributed by atoms with Gasteiger partial charge in [-0.05, 0) is 38.5 Å². The molecular weight excluding hydrogens is 216 g/mol. The van der Waals surface area contributed by atoms with Crippen molar-refractivity contribution in [3.8, 4) is 11.5 Å². The normalized spacial score (nSPS) is 9.76. The average molecular weight is 234 g/mol. The van der Waals surface area contributed by atoms with E-state index >= 15 is 0 Å². The highest BCUT2D eigenvalue weighted by molar-refractivity contribution is 5.77. The summed E-state index contributed by atoms with van der Waals surface area (Å²) in [5.41, 5.74) is 0.979. The Kier molecular flexibility index (Phi) is 5.27.